The first kappa shape index (κ1) is 16.1. The Morgan fingerprint density at radius 1 is 1.43 bits per heavy atom. The van der Waals surface area contributed by atoms with Crippen LogP contribution in [-0.2, 0) is 23.0 Å². The van der Waals surface area contributed by atoms with Crippen molar-refractivity contribution >= 4 is 21.4 Å². The van der Waals surface area contributed by atoms with E-state index in [0.717, 1.165) is 17.2 Å². The minimum absolute atomic E-state index is 0.333. The molecule has 0 aliphatic carbocycles. The van der Waals surface area contributed by atoms with Gasteiger partial charge in [0.05, 0.1) is 4.90 Å². The fourth-order valence-electron chi connectivity index (χ4n) is 1.74. The van der Waals surface area contributed by atoms with Crippen molar-refractivity contribution in [3.63, 3.8) is 0 Å². The number of rotatable bonds is 9. The number of hydrogen-bond donors (Lipinski definition) is 3. The van der Waals surface area contributed by atoms with Crippen molar-refractivity contribution in [2.75, 3.05) is 13.1 Å². The maximum Gasteiger partial charge on any atom is 0.241 e. The number of aromatic amines is 1. The van der Waals surface area contributed by atoms with E-state index < -0.39 is 10.0 Å². The number of aromatic nitrogens is 3. The van der Waals surface area contributed by atoms with Gasteiger partial charge in [-0.15, -0.1) is 11.3 Å². The van der Waals surface area contributed by atoms with E-state index in [4.69, 9.17) is 0 Å². The fraction of sp³-hybridized carbons (Fsp3) is 0.500. The Hall–Kier alpha value is -1.29. The van der Waals surface area contributed by atoms with Crippen LogP contribution >= 0.6 is 11.3 Å². The first-order valence-corrected chi connectivity index (χ1v) is 9.10. The highest BCUT2D eigenvalue weighted by Gasteiger charge is 2.15. The molecule has 0 aromatic carbocycles. The summed E-state index contributed by atoms with van der Waals surface area (Å²) in [4.78, 5) is 5.34. The SMILES string of the molecule is CCNCc1cc(S(=O)(=O)NCCCc2ncn[nH]2)cs1. The Kier molecular flexibility index (Phi) is 5.85. The van der Waals surface area contributed by atoms with E-state index in [1.165, 1.54) is 17.7 Å². The lowest BCUT2D eigenvalue weighted by Crippen LogP contribution is -2.24. The monoisotopic (exact) mass is 329 g/mol. The third-order valence-electron chi connectivity index (χ3n) is 2.84. The van der Waals surface area contributed by atoms with Crippen LogP contribution in [-0.4, -0.2) is 36.7 Å². The zero-order valence-electron chi connectivity index (χ0n) is 11.8. The van der Waals surface area contributed by atoms with Crippen molar-refractivity contribution in [2.24, 2.45) is 0 Å². The van der Waals surface area contributed by atoms with Gasteiger partial charge in [-0.2, -0.15) is 5.10 Å². The van der Waals surface area contributed by atoms with Crippen molar-refractivity contribution < 1.29 is 8.42 Å². The summed E-state index contributed by atoms with van der Waals surface area (Å²) in [6, 6.07) is 1.71. The van der Waals surface area contributed by atoms with Crippen molar-refractivity contribution in [2.45, 2.75) is 31.2 Å². The van der Waals surface area contributed by atoms with Gasteiger partial charge in [0.1, 0.15) is 12.2 Å². The number of nitrogens with one attached hydrogen (secondary N) is 3. The van der Waals surface area contributed by atoms with Gasteiger partial charge in [-0.1, -0.05) is 6.92 Å². The highest BCUT2D eigenvalue weighted by atomic mass is 32.2. The lowest BCUT2D eigenvalue weighted by molar-refractivity contribution is 0.578. The van der Waals surface area contributed by atoms with Gasteiger partial charge in [0.2, 0.25) is 10.0 Å². The lowest BCUT2D eigenvalue weighted by atomic mass is 10.3. The van der Waals surface area contributed by atoms with E-state index in [2.05, 4.69) is 25.2 Å². The second kappa shape index (κ2) is 7.64. The van der Waals surface area contributed by atoms with E-state index in [1.807, 2.05) is 6.92 Å². The molecule has 0 radical (unpaired) electrons. The predicted octanol–water partition coefficient (Wildman–Crippen LogP) is 0.887. The molecule has 116 valence electrons. The van der Waals surface area contributed by atoms with Gasteiger partial charge in [0.25, 0.3) is 0 Å². The number of thiophene rings is 1. The Labute approximate surface area is 128 Å². The van der Waals surface area contributed by atoms with E-state index in [-0.39, 0.29) is 0 Å². The molecule has 0 saturated carbocycles. The second-order valence-electron chi connectivity index (χ2n) is 4.46. The molecule has 0 amide bonds. The third-order valence-corrected chi connectivity index (χ3v) is 5.36. The standard InChI is InChI=1S/C12H19N5O2S2/c1-2-13-7-10-6-11(8-20-10)21(18,19)16-5-3-4-12-14-9-15-17-12/h6,8-9,13,16H,2-5,7H2,1H3,(H,14,15,17). The number of hydrogen-bond acceptors (Lipinski definition) is 6. The van der Waals surface area contributed by atoms with Crippen LogP contribution in [0.3, 0.4) is 0 Å². The molecule has 0 aliphatic heterocycles. The van der Waals surface area contributed by atoms with Crippen LogP contribution in [0.15, 0.2) is 22.7 Å². The van der Waals surface area contributed by atoms with Crippen molar-refractivity contribution in [1.82, 2.24) is 25.2 Å². The average Bonchev–Trinajstić information content (AvgIpc) is 3.13. The largest absolute Gasteiger partial charge is 0.312 e. The van der Waals surface area contributed by atoms with Crippen molar-refractivity contribution in [1.29, 1.82) is 0 Å². The maximum atomic E-state index is 12.1. The van der Waals surface area contributed by atoms with Gasteiger partial charge in [-0.05, 0) is 19.0 Å². The molecular weight excluding hydrogens is 310 g/mol. The van der Waals surface area contributed by atoms with Crippen LogP contribution < -0.4 is 10.0 Å². The van der Waals surface area contributed by atoms with Gasteiger partial charge in [-0.3, -0.25) is 5.10 Å². The minimum Gasteiger partial charge on any atom is -0.312 e. The smallest absolute Gasteiger partial charge is 0.241 e. The molecule has 0 atom stereocenters. The Morgan fingerprint density at radius 3 is 3.00 bits per heavy atom. The zero-order valence-corrected chi connectivity index (χ0v) is 13.4. The molecule has 2 heterocycles. The van der Waals surface area contributed by atoms with E-state index in [0.29, 0.717) is 30.8 Å². The predicted molar refractivity (Wildman–Crippen MR) is 81.6 cm³/mol. The number of aryl methyl sites for hydroxylation is 1. The molecule has 2 aromatic heterocycles. The van der Waals surface area contributed by atoms with Gasteiger partial charge in [0, 0.05) is 29.8 Å². The first-order valence-electron chi connectivity index (χ1n) is 6.74. The molecule has 0 aliphatic rings. The van der Waals surface area contributed by atoms with Gasteiger partial charge >= 0.3 is 0 Å². The maximum absolute atomic E-state index is 12.1. The van der Waals surface area contributed by atoms with E-state index >= 15 is 0 Å². The molecule has 0 spiro atoms. The van der Waals surface area contributed by atoms with Crippen LogP contribution in [0.5, 0.6) is 0 Å². The summed E-state index contributed by atoms with van der Waals surface area (Å²) >= 11 is 1.45. The molecule has 2 aromatic rings. The molecule has 0 saturated heterocycles. The fourth-order valence-corrected chi connectivity index (χ4v) is 4.06. The summed E-state index contributed by atoms with van der Waals surface area (Å²) < 4.78 is 26.8. The zero-order chi connectivity index (χ0) is 15.1. The van der Waals surface area contributed by atoms with Gasteiger partial charge in [-0.25, -0.2) is 18.1 Å². The summed E-state index contributed by atoms with van der Waals surface area (Å²) in [5, 5.41) is 11.3. The number of H-pyrrole nitrogens is 1. The highest BCUT2D eigenvalue weighted by molar-refractivity contribution is 7.89. The first-order chi connectivity index (χ1) is 10.1. The van der Waals surface area contributed by atoms with Crippen LogP contribution in [0.25, 0.3) is 0 Å². The van der Waals surface area contributed by atoms with Crippen LogP contribution in [0.4, 0.5) is 0 Å². The summed E-state index contributed by atoms with van der Waals surface area (Å²) in [6.45, 7) is 3.95. The third kappa shape index (κ3) is 4.88. The number of sulfonamides is 1. The summed E-state index contributed by atoms with van der Waals surface area (Å²) in [6.07, 6.45) is 2.78. The summed E-state index contributed by atoms with van der Waals surface area (Å²) in [5.41, 5.74) is 0. The average molecular weight is 329 g/mol. The van der Waals surface area contributed by atoms with Crippen molar-refractivity contribution in [3.8, 4) is 0 Å². The molecular formula is C12H19N5O2S2. The van der Waals surface area contributed by atoms with Crippen molar-refractivity contribution in [3.05, 3.63) is 28.5 Å². The molecule has 0 bridgehead atoms. The molecule has 2 rings (SSSR count). The number of nitrogens with zero attached hydrogens (tertiary/aromatic N) is 2. The van der Waals surface area contributed by atoms with Gasteiger partial charge in [0.15, 0.2) is 0 Å². The Morgan fingerprint density at radius 2 is 2.29 bits per heavy atom. The summed E-state index contributed by atoms with van der Waals surface area (Å²) in [5.74, 6) is 0.762. The van der Waals surface area contributed by atoms with E-state index in [1.54, 1.807) is 11.4 Å². The molecule has 3 N–H and O–H groups in total. The molecule has 0 unspecified atom stereocenters. The highest BCUT2D eigenvalue weighted by Crippen LogP contribution is 2.19. The molecule has 21 heavy (non-hydrogen) atoms. The Balaban J connectivity index is 1.82. The quantitative estimate of drug-likeness (QED) is 0.593. The lowest BCUT2D eigenvalue weighted by Gasteiger charge is -2.04. The Bertz CT molecular complexity index is 636. The normalized spacial score (nSPS) is 11.9. The topological polar surface area (TPSA) is 99.8 Å². The van der Waals surface area contributed by atoms with E-state index in [9.17, 15) is 8.42 Å². The van der Waals surface area contributed by atoms with Gasteiger partial charge < -0.3 is 5.32 Å². The minimum atomic E-state index is -3.42. The molecule has 9 heteroatoms. The molecule has 7 nitrogen and oxygen atoms in total. The van der Waals surface area contributed by atoms with Crippen LogP contribution in [0.2, 0.25) is 0 Å². The molecule has 0 fully saturated rings. The summed E-state index contributed by atoms with van der Waals surface area (Å²) in [7, 11) is -3.42. The second-order valence-corrected chi connectivity index (χ2v) is 7.23. The van der Waals surface area contributed by atoms with Crippen LogP contribution in [0, 0.1) is 0 Å². The van der Waals surface area contributed by atoms with Crippen LogP contribution in [0.1, 0.15) is 24.0 Å².